The molecule has 0 unspecified atom stereocenters. The highest BCUT2D eigenvalue weighted by Gasteiger charge is 2.16. The van der Waals surface area contributed by atoms with E-state index in [9.17, 15) is 4.79 Å². The Hall–Kier alpha value is -2.14. The molecule has 0 aromatic carbocycles. The Balaban J connectivity index is 1.88. The van der Waals surface area contributed by atoms with Gasteiger partial charge in [0.1, 0.15) is 11.3 Å². The van der Waals surface area contributed by atoms with Crippen LogP contribution in [0.25, 0.3) is 5.65 Å². The number of carbonyl (C=O) groups is 1. The molecule has 5 heteroatoms. The van der Waals surface area contributed by atoms with E-state index < -0.39 is 0 Å². The normalized spacial score (nSPS) is 10.9. The van der Waals surface area contributed by atoms with Crippen molar-refractivity contribution in [3.05, 3.63) is 58.2 Å². The Bertz CT molecular complexity index is 759. The number of thiophene rings is 1. The van der Waals surface area contributed by atoms with Gasteiger partial charge >= 0.3 is 0 Å². The number of hydrogen-bond acceptors (Lipinski definition) is 3. The third-order valence-corrected chi connectivity index (χ3v) is 4.35. The van der Waals surface area contributed by atoms with Crippen LogP contribution in [0.15, 0.2) is 42.0 Å². The first kappa shape index (κ1) is 12.9. The summed E-state index contributed by atoms with van der Waals surface area (Å²) in [5.41, 5.74) is 2.66. The van der Waals surface area contributed by atoms with Crippen molar-refractivity contribution in [3.63, 3.8) is 0 Å². The molecule has 3 rings (SSSR count). The van der Waals surface area contributed by atoms with Crippen molar-refractivity contribution in [1.82, 2.24) is 14.3 Å². The van der Waals surface area contributed by atoms with E-state index in [0.717, 1.165) is 5.65 Å². The molecule has 4 nitrogen and oxygen atoms in total. The van der Waals surface area contributed by atoms with Gasteiger partial charge in [-0.1, -0.05) is 6.07 Å². The molecular weight excluding hydrogens is 270 g/mol. The van der Waals surface area contributed by atoms with Gasteiger partial charge in [0.2, 0.25) is 0 Å². The van der Waals surface area contributed by atoms with Crippen LogP contribution in [-0.4, -0.2) is 27.2 Å². The number of fused-ring (bicyclic) bond motifs is 1. The molecule has 0 aliphatic rings. The van der Waals surface area contributed by atoms with Crippen molar-refractivity contribution in [2.24, 2.45) is 0 Å². The summed E-state index contributed by atoms with van der Waals surface area (Å²) in [7, 11) is 1.83. The average molecular weight is 285 g/mol. The fourth-order valence-corrected chi connectivity index (χ4v) is 3.13. The van der Waals surface area contributed by atoms with Crippen molar-refractivity contribution >= 4 is 22.9 Å². The number of aromatic nitrogens is 2. The zero-order chi connectivity index (χ0) is 14.1. The zero-order valence-corrected chi connectivity index (χ0v) is 12.2. The number of carbonyl (C=O) groups excluding carboxylic acids is 1. The van der Waals surface area contributed by atoms with Crippen molar-refractivity contribution in [1.29, 1.82) is 0 Å². The minimum absolute atomic E-state index is 0.00130. The first-order valence-electron chi connectivity index (χ1n) is 6.37. The summed E-state index contributed by atoms with van der Waals surface area (Å²) < 4.78 is 1.82. The molecule has 20 heavy (non-hydrogen) atoms. The largest absolute Gasteiger partial charge is 0.335 e. The maximum absolute atomic E-state index is 12.6. The fraction of sp³-hybridized carbons (Fsp3) is 0.200. The number of hydrogen-bond donors (Lipinski definition) is 0. The van der Waals surface area contributed by atoms with Gasteiger partial charge in [0.05, 0.1) is 6.54 Å². The molecule has 0 fully saturated rings. The molecule has 0 saturated carbocycles. The molecule has 0 aliphatic heterocycles. The van der Waals surface area contributed by atoms with Crippen molar-refractivity contribution in [2.75, 3.05) is 7.05 Å². The molecule has 0 atom stereocenters. The van der Waals surface area contributed by atoms with Crippen LogP contribution in [0.4, 0.5) is 0 Å². The Morgan fingerprint density at radius 1 is 1.40 bits per heavy atom. The standard InChI is InChI=1S/C15H15N3OS/c1-11-6-9-20-13(11)10-17(2)15(19)12-4-3-5-14-16-7-8-18(12)14/h3-9H,10H2,1-2H3. The van der Waals surface area contributed by atoms with E-state index in [0.29, 0.717) is 12.2 Å². The van der Waals surface area contributed by atoms with E-state index in [4.69, 9.17) is 0 Å². The van der Waals surface area contributed by atoms with Crippen LogP contribution in [0, 0.1) is 6.92 Å². The summed E-state index contributed by atoms with van der Waals surface area (Å²) in [6, 6.07) is 7.66. The number of imidazole rings is 1. The molecule has 0 radical (unpaired) electrons. The second-order valence-electron chi connectivity index (χ2n) is 4.75. The number of amides is 1. The fourth-order valence-electron chi connectivity index (χ4n) is 2.17. The minimum atomic E-state index is 0.00130. The Morgan fingerprint density at radius 3 is 3.00 bits per heavy atom. The predicted molar refractivity (Wildman–Crippen MR) is 80.0 cm³/mol. The molecular formula is C15H15N3OS. The second-order valence-corrected chi connectivity index (χ2v) is 5.76. The van der Waals surface area contributed by atoms with Crippen LogP contribution < -0.4 is 0 Å². The van der Waals surface area contributed by atoms with E-state index in [-0.39, 0.29) is 5.91 Å². The maximum atomic E-state index is 12.6. The van der Waals surface area contributed by atoms with E-state index >= 15 is 0 Å². The Kier molecular flexibility index (Phi) is 3.28. The number of nitrogens with zero attached hydrogens (tertiary/aromatic N) is 3. The van der Waals surface area contributed by atoms with Crippen LogP contribution >= 0.6 is 11.3 Å². The first-order valence-corrected chi connectivity index (χ1v) is 7.25. The van der Waals surface area contributed by atoms with Gasteiger partial charge in [-0.3, -0.25) is 9.20 Å². The lowest BCUT2D eigenvalue weighted by molar-refractivity contribution is 0.0779. The van der Waals surface area contributed by atoms with E-state index in [1.807, 2.05) is 35.8 Å². The molecule has 0 bridgehead atoms. The Labute approximate surface area is 121 Å². The van der Waals surface area contributed by atoms with Crippen LogP contribution in [0.2, 0.25) is 0 Å². The minimum Gasteiger partial charge on any atom is -0.335 e. The van der Waals surface area contributed by atoms with Crippen LogP contribution in [0.5, 0.6) is 0 Å². The molecule has 0 aliphatic carbocycles. The van der Waals surface area contributed by atoms with Crippen LogP contribution in [0.3, 0.4) is 0 Å². The number of aryl methyl sites for hydroxylation is 1. The molecule has 3 heterocycles. The monoisotopic (exact) mass is 285 g/mol. The smallest absolute Gasteiger partial charge is 0.270 e. The lowest BCUT2D eigenvalue weighted by atomic mass is 10.2. The summed E-state index contributed by atoms with van der Waals surface area (Å²) in [5, 5.41) is 2.06. The third-order valence-electron chi connectivity index (χ3n) is 3.34. The van der Waals surface area contributed by atoms with Gasteiger partial charge in [-0.2, -0.15) is 0 Å². The summed E-state index contributed by atoms with van der Waals surface area (Å²) in [6.45, 7) is 2.70. The lowest BCUT2D eigenvalue weighted by Crippen LogP contribution is -2.27. The maximum Gasteiger partial charge on any atom is 0.270 e. The van der Waals surface area contributed by atoms with E-state index in [2.05, 4.69) is 23.4 Å². The molecule has 1 amide bonds. The number of rotatable bonds is 3. The van der Waals surface area contributed by atoms with Gasteiger partial charge in [-0.25, -0.2) is 4.98 Å². The highest BCUT2D eigenvalue weighted by atomic mass is 32.1. The first-order chi connectivity index (χ1) is 9.66. The summed E-state index contributed by atoms with van der Waals surface area (Å²) in [6.07, 6.45) is 3.52. The van der Waals surface area contributed by atoms with E-state index in [1.54, 1.807) is 22.4 Å². The van der Waals surface area contributed by atoms with Crippen molar-refractivity contribution in [2.45, 2.75) is 13.5 Å². The van der Waals surface area contributed by atoms with E-state index in [1.165, 1.54) is 10.4 Å². The summed E-state index contributed by atoms with van der Waals surface area (Å²) >= 11 is 1.68. The van der Waals surface area contributed by atoms with Gasteiger partial charge in [0.15, 0.2) is 0 Å². The Morgan fingerprint density at radius 2 is 2.25 bits per heavy atom. The van der Waals surface area contributed by atoms with Gasteiger partial charge in [0, 0.05) is 24.3 Å². The van der Waals surface area contributed by atoms with Gasteiger partial charge < -0.3 is 4.90 Å². The SMILES string of the molecule is Cc1ccsc1CN(C)C(=O)c1cccc2nccn12. The zero-order valence-electron chi connectivity index (χ0n) is 11.4. The summed E-state index contributed by atoms with van der Waals surface area (Å²) in [5.74, 6) is 0.00130. The van der Waals surface area contributed by atoms with Gasteiger partial charge in [-0.05, 0) is 36.1 Å². The van der Waals surface area contributed by atoms with Crippen molar-refractivity contribution < 1.29 is 4.79 Å². The predicted octanol–water partition coefficient (Wildman–Crippen LogP) is 2.98. The molecule has 0 N–H and O–H groups in total. The van der Waals surface area contributed by atoms with Crippen molar-refractivity contribution in [3.8, 4) is 0 Å². The molecule has 3 aromatic heterocycles. The average Bonchev–Trinajstić information content (AvgIpc) is 3.07. The number of pyridine rings is 1. The quantitative estimate of drug-likeness (QED) is 0.742. The van der Waals surface area contributed by atoms with Gasteiger partial charge in [-0.15, -0.1) is 11.3 Å². The molecule has 3 aromatic rings. The topological polar surface area (TPSA) is 37.6 Å². The highest BCUT2D eigenvalue weighted by Crippen LogP contribution is 2.18. The molecule has 0 saturated heterocycles. The van der Waals surface area contributed by atoms with Crippen LogP contribution in [-0.2, 0) is 6.54 Å². The third kappa shape index (κ3) is 2.20. The highest BCUT2D eigenvalue weighted by molar-refractivity contribution is 7.10. The molecule has 102 valence electrons. The van der Waals surface area contributed by atoms with Crippen LogP contribution in [0.1, 0.15) is 20.9 Å². The lowest BCUT2D eigenvalue weighted by Gasteiger charge is -2.17. The van der Waals surface area contributed by atoms with Gasteiger partial charge in [0.25, 0.3) is 5.91 Å². The second kappa shape index (κ2) is 5.09. The molecule has 0 spiro atoms. The summed E-state index contributed by atoms with van der Waals surface area (Å²) in [4.78, 5) is 19.7.